The molecule has 1 aromatic heterocycles. The Morgan fingerprint density at radius 2 is 2.06 bits per heavy atom. The summed E-state index contributed by atoms with van der Waals surface area (Å²) < 4.78 is 12.9. The summed E-state index contributed by atoms with van der Waals surface area (Å²) in [6.07, 6.45) is 6.99. The molecule has 80 valence electrons. The molecule has 2 rings (SSSR count). The van der Waals surface area contributed by atoms with E-state index in [4.69, 9.17) is 0 Å². The molecule has 0 saturated heterocycles. The summed E-state index contributed by atoms with van der Waals surface area (Å²) >= 11 is 0. The highest BCUT2D eigenvalue weighted by molar-refractivity contribution is 5.67. The van der Waals surface area contributed by atoms with Crippen molar-refractivity contribution in [2.45, 2.75) is 6.92 Å². The van der Waals surface area contributed by atoms with Gasteiger partial charge in [-0.25, -0.2) is 4.39 Å². The first kappa shape index (κ1) is 10.5. The third-order valence-corrected chi connectivity index (χ3v) is 2.07. The van der Waals surface area contributed by atoms with Crippen LogP contribution in [0.15, 0.2) is 36.7 Å². The molecule has 0 N–H and O–H groups in total. The second-order valence-corrected chi connectivity index (χ2v) is 3.47. The molecule has 16 heavy (non-hydrogen) atoms. The van der Waals surface area contributed by atoms with Gasteiger partial charge in [0.25, 0.3) is 0 Å². The van der Waals surface area contributed by atoms with Crippen LogP contribution < -0.4 is 0 Å². The maximum atomic E-state index is 12.9. The monoisotopic (exact) mass is 214 g/mol. The van der Waals surface area contributed by atoms with Gasteiger partial charge in [-0.05, 0) is 30.7 Å². The van der Waals surface area contributed by atoms with Crippen molar-refractivity contribution in [2.75, 3.05) is 0 Å². The lowest BCUT2D eigenvalue weighted by atomic mass is 10.2. The van der Waals surface area contributed by atoms with E-state index in [0.717, 1.165) is 17.0 Å². The largest absolute Gasteiger partial charge is 0.261 e. The number of aryl methyl sites for hydroxylation is 1. The lowest BCUT2D eigenvalue weighted by Crippen LogP contribution is -1.86. The molecule has 0 aliphatic carbocycles. The van der Waals surface area contributed by atoms with Gasteiger partial charge in [0.05, 0.1) is 17.6 Å². The topological polar surface area (TPSA) is 25.8 Å². The van der Waals surface area contributed by atoms with Crippen molar-refractivity contribution >= 4 is 12.2 Å². The number of rotatable bonds is 2. The Bertz CT molecular complexity index is 473. The van der Waals surface area contributed by atoms with Crippen LogP contribution in [0.25, 0.3) is 12.2 Å². The van der Waals surface area contributed by atoms with Gasteiger partial charge in [0.1, 0.15) is 5.82 Å². The SMILES string of the molecule is Cc1cncc(C=Cc2cccc(F)c2)n1. The van der Waals surface area contributed by atoms with Crippen LogP contribution in [0.1, 0.15) is 17.0 Å². The van der Waals surface area contributed by atoms with Crippen LogP contribution >= 0.6 is 0 Å². The number of aromatic nitrogens is 2. The van der Waals surface area contributed by atoms with Crippen LogP contribution in [0, 0.1) is 12.7 Å². The van der Waals surface area contributed by atoms with E-state index in [0.29, 0.717) is 0 Å². The summed E-state index contributed by atoms with van der Waals surface area (Å²) in [5, 5.41) is 0. The van der Waals surface area contributed by atoms with E-state index in [1.165, 1.54) is 12.1 Å². The van der Waals surface area contributed by atoms with Crippen molar-refractivity contribution in [1.29, 1.82) is 0 Å². The fourth-order valence-electron chi connectivity index (χ4n) is 1.36. The Balaban J connectivity index is 2.21. The highest BCUT2D eigenvalue weighted by Crippen LogP contribution is 2.08. The van der Waals surface area contributed by atoms with Crippen LogP contribution in [0.5, 0.6) is 0 Å². The number of halogens is 1. The Kier molecular flexibility index (Phi) is 3.05. The fourth-order valence-corrected chi connectivity index (χ4v) is 1.36. The van der Waals surface area contributed by atoms with Crippen LogP contribution in [-0.4, -0.2) is 9.97 Å². The highest BCUT2D eigenvalue weighted by Gasteiger charge is 1.92. The number of nitrogens with zero attached hydrogens (tertiary/aromatic N) is 2. The zero-order valence-electron chi connectivity index (χ0n) is 8.89. The molecular weight excluding hydrogens is 203 g/mol. The molecule has 1 aromatic carbocycles. The molecule has 0 atom stereocenters. The van der Waals surface area contributed by atoms with E-state index in [2.05, 4.69) is 9.97 Å². The van der Waals surface area contributed by atoms with Gasteiger partial charge < -0.3 is 0 Å². The molecule has 2 nitrogen and oxygen atoms in total. The molecular formula is C13H11FN2. The van der Waals surface area contributed by atoms with Crippen molar-refractivity contribution in [2.24, 2.45) is 0 Å². The van der Waals surface area contributed by atoms with Crippen LogP contribution in [0.2, 0.25) is 0 Å². The van der Waals surface area contributed by atoms with E-state index in [1.54, 1.807) is 18.5 Å². The third kappa shape index (κ3) is 2.73. The van der Waals surface area contributed by atoms with Gasteiger partial charge in [-0.3, -0.25) is 9.97 Å². The van der Waals surface area contributed by atoms with Crippen molar-refractivity contribution in [3.63, 3.8) is 0 Å². The molecule has 0 aliphatic rings. The third-order valence-electron chi connectivity index (χ3n) is 2.07. The van der Waals surface area contributed by atoms with Gasteiger partial charge in [-0.2, -0.15) is 0 Å². The summed E-state index contributed by atoms with van der Waals surface area (Å²) in [4.78, 5) is 8.29. The van der Waals surface area contributed by atoms with Crippen molar-refractivity contribution in [1.82, 2.24) is 9.97 Å². The molecule has 3 heteroatoms. The second kappa shape index (κ2) is 4.66. The van der Waals surface area contributed by atoms with Crippen molar-refractivity contribution < 1.29 is 4.39 Å². The zero-order valence-corrected chi connectivity index (χ0v) is 8.89. The molecule has 0 radical (unpaired) electrons. The van der Waals surface area contributed by atoms with Crippen LogP contribution in [-0.2, 0) is 0 Å². The van der Waals surface area contributed by atoms with Gasteiger partial charge in [0, 0.05) is 6.20 Å². The Hall–Kier alpha value is -2.03. The average molecular weight is 214 g/mol. The standard InChI is InChI=1S/C13H11FN2/c1-10-8-15-9-13(16-10)6-5-11-3-2-4-12(14)7-11/h2-9H,1H3. The van der Waals surface area contributed by atoms with Crippen LogP contribution in [0.3, 0.4) is 0 Å². The molecule has 0 aliphatic heterocycles. The first-order valence-corrected chi connectivity index (χ1v) is 4.96. The molecule has 0 saturated carbocycles. The number of hydrogen-bond donors (Lipinski definition) is 0. The maximum absolute atomic E-state index is 12.9. The Morgan fingerprint density at radius 3 is 2.81 bits per heavy atom. The maximum Gasteiger partial charge on any atom is 0.123 e. The van der Waals surface area contributed by atoms with Gasteiger partial charge in [-0.1, -0.05) is 18.2 Å². The van der Waals surface area contributed by atoms with Crippen LogP contribution in [0.4, 0.5) is 4.39 Å². The molecule has 1 heterocycles. The van der Waals surface area contributed by atoms with E-state index in [9.17, 15) is 4.39 Å². The summed E-state index contributed by atoms with van der Waals surface area (Å²) in [6, 6.07) is 6.41. The molecule has 0 amide bonds. The molecule has 0 fully saturated rings. The van der Waals surface area contributed by atoms with E-state index >= 15 is 0 Å². The van der Waals surface area contributed by atoms with Crippen molar-refractivity contribution in [3.8, 4) is 0 Å². The summed E-state index contributed by atoms with van der Waals surface area (Å²) in [5.41, 5.74) is 2.44. The molecule has 0 bridgehead atoms. The van der Waals surface area contributed by atoms with Crippen molar-refractivity contribution in [3.05, 3.63) is 59.4 Å². The summed E-state index contributed by atoms with van der Waals surface area (Å²) in [6.45, 7) is 1.88. The minimum absolute atomic E-state index is 0.238. The first-order chi connectivity index (χ1) is 7.74. The number of benzene rings is 1. The molecule has 2 aromatic rings. The van der Waals surface area contributed by atoms with E-state index in [1.807, 2.05) is 25.1 Å². The molecule has 0 unspecified atom stereocenters. The quantitative estimate of drug-likeness (QED) is 0.767. The Labute approximate surface area is 93.5 Å². The summed E-state index contributed by atoms with van der Waals surface area (Å²) in [5.74, 6) is -0.238. The summed E-state index contributed by atoms with van der Waals surface area (Å²) in [7, 11) is 0. The smallest absolute Gasteiger partial charge is 0.123 e. The van der Waals surface area contributed by atoms with Gasteiger partial charge >= 0.3 is 0 Å². The lowest BCUT2D eigenvalue weighted by molar-refractivity contribution is 0.627. The predicted molar refractivity (Wildman–Crippen MR) is 62.1 cm³/mol. The molecule has 0 spiro atoms. The predicted octanol–water partition coefficient (Wildman–Crippen LogP) is 3.09. The normalized spacial score (nSPS) is 10.9. The highest BCUT2D eigenvalue weighted by atomic mass is 19.1. The Morgan fingerprint density at radius 1 is 1.19 bits per heavy atom. The van der Waals surface area contributed by atoms with Gasteiger partial charge in [0.2, 0.25) is 0 Å². The first-order valence-electron chi connectivity index (χ1n) is 4.96. The minimum atomic E-state index is -0.238. The second-order valence-electron chi connectivity index (χ2n) is 3.47. The van der Waals surface area contributed by atoms with Gasteiger partial charge in [0.15, 0.2) is 0 Å². The average Bonchev–Trinajstić information content (AvgIpc) is 2.27. The van der Waals surface area contributed by atoms with Gasteiger partial charge in [-0.15, -0.1) is 0 Å². The lowest BCUT2D eigenvalue weighted by Gasteiger charge is -1.95. The van der Waals surface area contributed by atoms with E-state index < -0.39 is 0 Å². The van der Waals surface area contributed by atoms with E-state index in [-0.39, 0.29) is 5.82 Å². The number of hydrogen-bond acceptors (Lipinski definition) is 2. The minimum Gasteiger partial charge on any atom is -0.261 e. The fraction of sp³-hybridized carbons (Fsp3) is 0.0769. The zero-order chi connectivity index (χ0) is 11.4.